The lowest BCUT2D eigenvalue weighted by atomic mass is 9.79. The largest absolute Gasteiger partial charge is 0.353 e. The predicted molar refractivity (Wildman–Crippen MR) is 83.8 cm³/mol. The summed E-state index contributed by atoms with van der Waals surface area (Å²) in [4.78, 5) is 12.1. The van der Waals surface area contributed by atoms with Gasteiger partial charge in [0.15, 0.2) is 0 Å². The highest BCUT2D eigenvalue weighted by Gasteiger charge is 2.24. The number of nitrogens with one attached hydrogen (secondary N) is 1. The molecule has 0 unspecified atom stereocenters. The Balaban J connectivity index is 1.86. The first kappa shape index (κ1) is 16.3. The first-order chi connectivity index (χ1) is 9.97. The highest BCUT2D eigenvalue weighted by atomic mass is 35.5. The monoisotopic (exact) mass is 311 g/mol. The molecule has 0 aliphatic heterocycles. The summed E-state index contributed by atoms with van der Waals surface area (Å²) in [7, 11) is 0. The number of carbonyl (C=O) groups is 1. The molecule has 2 rings (SSSR count). The van der Waals surface area contributed by atoms with Crippen molar-refractivity contribution < 1.29 is 9.18 Å². The maximum absolute atomic E-state index is 13.7. The van der Waals surface area contributed by atoms with E-state index in [2.05, 4.69) is 19.2 Å². The van der Waals surface area contributed by atoms with Crippen molar-refractivity contribution in [1.82, 2.24) is 5.32 Å². The van der Waals surface area contributed by atoms with Gasteiger partial charge in [-0.2, -0.15) is 0 Å². The van der Waals surface area contributed by atoms with Crippen LogP contribution in [0.4, 0.5) is 4.39 Å². The number of benzene rings is 1. The zero-order valence-corrected chi connectivity index (χ0v) is 13.4. The lowest BCUT2D eigenvalue weighted by Gasteiger charge is -2.31. The van der Waals surface area contributed by atoms with E-state index in [0.717, 1.165) is 31.6 Å². The molecule has 0 heterocycles. The van der Waals surface area contributed by atoms with Gasteiger partial charge in [-0.3, -0.25) is 4.79 Å². The second-order valence-corrected chi connectivity index (χ2v) is 6.71. The molecular weight excluding hydrogens is 289 g/mol. The lowest BCUT2D eigenvalue weighted by Crippen LogP contribution is -2.39. The van der Waals surface area contributed by atoms with Gasteiger partial charge < -0.3 is 5.32 Å². The SMILES string of the molecule is CC(C)C1CCC(NC(=O)Cc2c(F)cccc2Cl)CC1. The third kappa shape index (κ3) is 4.44. The Hall–Kier alpha value is -1.09. The first-order valence-electron chi connectivity index (χ1n) is 7.69. The minimum Gasteiger partial charge on any atom is -0.353 e. The molecule has 0 saturated heterocycles. The molecule has 1 amide bonds. The fourth-order valence-electron chi connectivity index (χ4n) is 3.07. The number of halogens is 2. The molecule has 1 saturated carbocycles. The quantitative estimate of drug-likeness (QED) is 0.880. The van der Waals surface area contributed by atoms with Gasteiger partial charge in [0, 0.05) is 16.6 Å². The van der Waals surface area contributed by atoms with Crippen molar-refractivity contribution in [2.45, 2.75) is 52.0 Å². The van der Waals surface area contributed by atoms with Crippen molar-refractivity contribution in [3.63, 3.8) is 0 Å². The normalized spacial score (nSPS) is 22.3. The van der Waals surface area contributed by atoms with E-state index in [4.69, 9.17) is 11.6 Å². The van der Waals surface area contributed by atoms with E-state index in [-0.39, 0.29) is 23.9 Å². The molecule has 1 aromatic rings. The van der Waals surface area contributed by atoms with E-state index in [1.54, 1.807) is 12.1 Å². The molecule has 1 aliphatic rings. The number of hydrogen-bond donors (Lipinski definition) is 1. The van der Waals surface area contributed by atoms with Gasteiger partial charge in [-0.1, -0.05) is 31.5 Å². The summed E-state index contributed by atoms with van der Waals surface area (Å²) < 4.78 is 13.7. The van der Waals surface area contributed by atoms with Gasteiger partial charge in [0.05, 0.1) is 6.42 Å². The van der Waals surface area contributed by atoms with E-state index >= 15 is 0 Å². The Morgan fingerprint density at radius 2 is 2.00 bits per heavy atom. The summed E-state index contributed by atoms with van der Waals surface area (Å²) >= 11 is 5.95. The Labute approximate surface area is 131 Å². The van der Waals surface area contributed by atoms with E-state index < -0.39 is 5.82 Å². The van der Waals surface area contributed by atoms with Crippen molar-refractivity contribution in [2.24, 2.45) is 11.8 Å². The van der Waals surface area contributed by atoms with Crippen LogP contribution in [0, 0.1) is 17.7 Å². The van der Waals surface area contributed by atoms with Crippen LogP contribution in [0.1, 0.15) is 45.1 Å². The van der Waals surface area contributed by atoms with Gasteiger partial charge in [-0.25, -0.2) is 4.39 Å². The third-order valence-electron chi connectivity index (χ3n) is 4.48. The number of rotatable bonds is 4. The van der Waals surface area contributed by atoms with Crippen molar-refractivity contribution in [3.05, 3.63) is 34.6 Å². The van der Waals surface area contributed by atoms with Crippen LogP contribution in [0.5, 0.6) is 0 Å². The van der Waals surface area contributed by atoms with Crippen LogP contribution in [0.2, 0.25) is 5.02 Å². The number of amides is 1. The maximum atomic E-state index is 13.7. The van der Waals surface area contributed by atoms with E-state index in [0.29, 0.717) is 10.9 Å². The number of carbonyl (C=O) groups excluding carboxylic acids is 1. The van der Waals surface area contributed by atoms with Crippen molar-refractivity contribution in [2.75, 3.05) is 0 Å². The molecule has 0 bridgehead atoms. The molecule has 1 N–H and O–H groups in total. The molecule has 116 valence electrons. The zero-order valence-electron chi connectivity index (χ0n) is 12.7. The molecular formula is C17H23ClFNO. The highest BCUT2D eigenvalue weighted by Crippen LogP contribution is 2.30. The second kappa shape index (κ2) is 7.26. The van der Waals surface area contributed by atoms with E-state index in [1.165, 1.54) is 6.07 Å². The summed E-state index contributed by atoms with van der Waals surface area (Å²) in [6.07, 6.45) is 4.35. The molecule has 0 radical (unpaired) electrons. The van der Waals surface area contributed by atoms with E-state index in [1.807, 2.05) is 0 Å². The molecule has 2 nitrogen and oxygen atoms in total. The van der Waals surface area contributed by atoms with Gasteiger partial charge >= 0.3 is 0 Å². The molecule has 1 aromatic carbocycles. The molecule has 0 spiro atoms. The number of hydrogen-bond acceptors (Lipinski definition) is 1. The maximum Gasteiger partial charge on any atom is 0.224 e. The van der Waals surface area contributed by atoms with Crippen LogP contribution in [0.15, 0.2) is 18.2 Å². The summed E-state index contributed by atoms with van der Waals surface area (Å²) in [5.74, 6) is 0.911. The summed E-state index contributed by atoms with van der Waals surface area (Å²) in [5, 5.41) is 3.33. The Morgan fingerprint density at radius 3 is 2.57 bits per heavy atom. The standard InChI is InChI=1S/C17H23ClFNO/c1-11(2)12-6-8-13(9-7-12)20-17(21)10-14-15(18)4-3-5-16(14)19/h3-5,11-13H,6-10H2,1-2H3,(H,20,21). The Bertz CT molecular complexity index is 475. The molecule has 4 heteroatoms. The van der Waals surface area contributed by atoms with E-state index in [9.17, 15) is 9.18 Å². The third-order valence-corrected chi connectivity index (χ3v) is 4.83. The van der Waals surface area contributed by atoms with Gasteiger partial charge in [-0.05, 0) is 49.7 Å². The van der Waals surface area contributed by atoms with Crippen LogP contribution in [0.25, 0.3) is 0 Å². The van der Waals surface area contributed by atoms with Crippen molar-refractivity contribution in [3.8, 4) is 0 Å². The van der Waals surface area contributed by atoms with Crippen LogP contribution >= 0.6 is 11.6 Å². The van der Waals surface area contributed by atoms with Crippen LogP contribution in [-0.2, 0) is 11.2 Å². The topological polar surface area (TPSA) is 29.1 Å². The average Bonchev–Trinajstić information content (AvgIpc) is 2.43. The summed E-state index contributed by atoms with van der Waals surface area (Å²) in [6, 6.07) is 4.72. The van der Waals surface area contributed by atoms with Crippen LogP contribution in [0.3, 0.4) is 0 Å². The molecule has 1 aliphatic carbocycles. The molecule has 0 atom stereocenters. The Morgan fingerprint density at radius 1 is 1.33 bits per heavy atom. The zero-order chi connectivity index (χ0) is 15.4. The van der Waals surface area contributed by atoms with Gasteiger partial charge in [-0.15, -0.1) is 0 Å². The average molecular weight is 312 g/mol. The fraction of sp³-hybridized carbons (Fsp3) is 0.588. The fourth-order valence-corrected chi connectivity index (χ4v) is 3.30. The van der Waals surface area contributed by atoms with Gasteiger partial charge in [0.25, 0.3) is 0 Å². The minimum atomic E-state index is -0.416. The summed E-state index contributed by atoms with van der Waals surface area (Å²) in [6.45, 7) is 4.51. The van der Waals surface area contributed by atoms with Crippen LogP contribution in [-0.4, -0.2) is 11.9 Å². The highest BCUT2D eigenvalue weighted by molar-refractivity contribution is 6.31. The van der Waals surface area contributed by atoms with Crippen LogP contribution < -0.4 is 5.32 Å². The first-order valence-corrected chi connectivity index (χ1v) is 8.07. The van der Waals surface area contributed by atoms with Gasteiger partial charge in [0.2, 0.25) is 5.91 Å². The minimum absolute atomic E-state index is 0.00954. The second-order valence-electron chi connectivity index (χ2n) is 6.30. The molecule has 1 fully saturated rings. The smallest absolute Gasteiger partial charge is 0.224 e. The predicted octanol–water partition coefficient (Wildman–Crippen LogP) is 4.35. The molecule has 0 aromatic heterocycles. The van der Waals surface area contributed by atoms with Crippen molar-refractivity contribution in [1.29, 1.82) is 0 Å². The van der Waals surface area contributed by atoms with Crippen molar-refractivity contribution >= 4 is 17.5 Å². The molecule has 21 heavy (non-hydrogen) atoms. The Kier molecular flexibility index (Phi) is 5.63. The van der Waals surface area contributed by atoms with Gasteiger partial charge in [0.1, 0.15) is 5.82 Å². The summed E-state index contributed by atoms with van der Waals surface area (Å²) in [5.41, 5.74) is 0.285. The lowest BCUT2D eigenvalue weighted by molar-refractivity contribution is -0.121.